The van der Waals surface area contributed by atoms with Crippen LogP contribution < -0.4 is 11.1 Å². The lowest BCUT2D eigenvalue weighted by Gasteiger charge is -2.24. The molecule has 0 aromatic rings. The Balaban J connectivity index is 4.26. The minimum Gasteiger partial charge on any atom is -0.393 e. The fourth-order valence-electron chi connectivity index (χ4n) is 6.46. The normalized spacial score (nSPS) is 14.9. The van der Waals surface area contributed by atoms with Crippen molar-refractivity contribution in [3.05, 3.63) is 24.3 Å². The first-order valence-corrected chi connectivity index (χ1v) is 23.5. The Morgan fingerprint density at radius 1 is 0.642 bits per heavy atom. The van der Waals surface area contributed by atoms with Gasteiger partial charge in [0.1, 0.15) is 0 Å². The summed E-state index contributed by atoms with van der Waals surface area (Å²) in [5.74, 6) is -0.450. The van der Waals surface area contributed by atoms with Crippen LogP contribution in [0.15, 0.2) is 24.3 Å². The number of carbonyl (C=O) groups is 1. The summed E-state index contributed by atoms with van der Waals surface area (Å²) in [6.45, 7) is 3.96. The van der Waals surface area contributed by atoms with Crippen LogP contribution in [0.1, 0.15) is 206 Å². The molecule has 4 unspecified atom stereocenters. The molecule has 1 amide bonds. The highest BCUT2D eigenvalue weighted by molar-refractivity contribution is 7.47. The number of aliphatic hydroxyl groups is 2. The molecule has 6 N–H and O–H groups in total. The monoisotopic (exact) mass is 773 g/mol. The van der Waals surface area contributed by atoms with Crippen LogP contribution in [-0.4, -0.2) is 59.0 Å². The third-order valence-corrected chi connectivity index (χ3v) is 10.8. The molecule has 0 bridgehead atoms. The summed E-state index contributed by atoms with van der Waals surface area (Å²) in [4.78, 5) is 22.7. The number of phosphoric ester groups is 1. The van der Waals surface area contributed by atoms with Gasteiger partial charge in [0.25, 0.3) is 0 Å². The summed E-state index contributed by atoms with van der Waals surface area (Å²) in [6, 6.07) is -0.982. The van der Waals surface area contributed by atoms with Gasteiger partial charge in [0, 0.05) is 6.54 Å². The van der Waals surface area contributed by atoms with Crippen molar-refractivity contribution in [1.29, 1.82) is 0 Å². The van der Waals surface area contributed by atoms with Crippen molar-refractivity contribution in [2.24, 2.45) is 5.73 Å². The van der Waals surface area contributed by atoms with E-state index < -0.39 is 38.6 Å². The fraction of sp³-hybridized carbons (Fsp3) is 0.884. The van der Waals surface area contributed by atoms with Crippen molar-refractivity contribution in [2.45, 2.75) is 225 Å². The summed E-state index contributed by atoms with van der Waals surface area (Å²) < 4.78 is 22.0. The van der Waals surface area contributed by atoms with Crippen molar-refractivity contribution in [3.8, 4) is 0 Å². The maximum atomic E-state index is 12.8. The molecular weight excluding hydrogens is 687 g/mol. The summed E-state index contributed by atoms with van der Waals surface area (Å²) in [5, 5.41) is 24.0. The van der Waals surface area contributed by atoms with E-state index in [1.54, 1.807) is 6.08 Å². The highest BCUT2D eigenvalue weighted by Crippen LogP contribution is 2.43. The Morgan fingerprint density at radius 3 is 1.51 bits per heavy atom. The zero-order valence-electron chi connectivity index (χ0n) is 34.4. The minimum absolute atomic E-state index is 0.0487. The van der Waals surface area contributed by atoms with E-state index in [9.17, 15) is 24.5 Å². The Hall–Kier alpha value is -1.06. The fourth-order valence-corrected chi connectivity index (χ4v) is 7.22. The second-order valence-corrected chi connectivity index (χ2v) is 16.5. The molecule has 10 heteroatoms. The highest BCUT2D eigenvalue weighted by Gasteiger charge is 2.27. The van der Waals surface area contributed by atoms with E-state index in [4.69, 9.17) is 14.8 Å². The molecule has 0 rings (SSSR count). The number of unbranched alkanes of at least 4 members (excludes halogenated alkanes) is 25. The molecule has 0 aliphatic carbocycles. The number of phosphoric acid groups is 1. The van der Waals surface area contributed by atoms with E-state index in [0.717, 1.165) is 51.4 Å². The molecule has 0 saturated carbocycles. The van der Waals surface area contributed by atoms with Gasteiger partial charge in [0.2, 0.25) is 5.91 Å². The van der Waals surface area contributed by atoms with Crippen LogP contribution in [0, 0.1) is 0 Å². The lowest BCUT2D eigenvalue weighted by atomic mass is 10.0. The highest BCUT2D eigenvalue weighted by atomic mass is 31.2. The minimum atomic E-state index is -4.40. The third-order valence-electron chi connectivity index (χ3n) is 9.83. The smallest absolute Gasteiger partial charge is 0.393 e. The summed E-state index contributed by atoms with van der Waals surface area (Å²) >= 11 is 0. The van der Waals surface area contributed by atoms with Gasteiger partial charge in [0.05, 0.1) is 37.9 Å². The molecule has 0 aliphatic heterocycles. The molecule has 0 aromatic carbocycles. The standard InChI is InChI=1S/C43H85N2O7P/c1-3-5-7-9-11-13-15-17-18-19-20-21-22-23-24-26-28-30-32-34-40(46)38-43(48)45-41(39-52-53(49,50)51-37-36-44)42(47)35-33-31-29-27-25-16-14-12-10-8-6-4-2/h21-22,33,35,40-42,46-47H,3-20,23-32,34,36-39,44H2,1-2H3,(H,45,48)(H,49,50)/b22-21-,35-33+. The molecule has 314 valence electrons. The van der Waals surface area contributed by atoms with Crippen molar-refractivity contribution >= 4 is 13.7 Å². The van der Waals surface area contributed by atoms with Crippen molar-refractivity contribution < 1.29 is 33.5 Å². The van der Waals surface area contributed by atoms with Gasteiger partial charge < -0.3 is 26.2 Å². The van der Waals surface area contributed by atoms with Crippen molar-refractivity contribution in [1.82, 2.24) is 5.32 Å². The zero-order valence-corrected chi connectivity index (χ0v) is 35.3. The Bertz CT molecular complexity index is 904. The number of nitrogens with one attached hydrogen (secondary N) is 1. The molecule has 0 heterocycles. The Kier molecular flexibility index (Phi) is 38.4. The lowest BCUT2D eigenvalue weighted by molar-refractivity contribution is -0.124. The Morgan fingerprint density at radius 2 is 1.06 bits per heavy atom. The van der Waals surface area contributed by atoms with E-state index in [0.29, 0.717) is 6.42 Å². The molecule has 4 atom stereocenters. The molecule has 0 aliphatic rings. The number of nitrogens with two attached hydrogens (primary N) is 1. The first-order chi connectivity index (χ1) is 25.8. The molecule has 0 spiro atoms. The number of hydrogen-bond donors (Lipinski definition) is 5. The Labute approximate surface area is 326 Å². The van der Waals surface area contributed by atoms with Gasteiger partial charge in [-0.2, -0.15) is 0 Å². The van der Waals surface area contributed by atoms with E-state index in [1.807, 2.05) is 6.08 Å². The van der Waals surface area contributed by atoms with Crippen LogP contribution in [0.5, 0.6) is 0 Å². The van der Waals surface area contributed by atoms with E-state index in [2.05, 4.69) is 31.3 Å². The number of hydrogen-bond acceptors (Lipinski definition) is 7. The second-order valence-electron chi connectivity index (χ2n) is 15.1. The van der Waals surface area contributed by atoms with Gasteiger partial charge >= 0.3 is 7.82 Å². The van der Waals surface area contributed by atoms with Crippen LogP contribution in [-0.2, 0) is 18.4 Å². The summed E-state index contributed by atoms with van der Waals surface area (Å²) in [5.41, 5.74) is 5.36. The molecule has 0 saturated heterocycles. The van der Waals surface area contributed by atoms with Crippen LogP contribution >= 0.6 is 7.82 Å². The van der Waals surface area contributed by atoms with Gasteiger partial charge in [-0.05, 0) is 44.9 Å². The molecular formula is C43H85N2O7P. The number of amides is 1. The van der Waals surface area contributed by atoms with Crippen LogP contribution in [0.3, 0.4) is 0 Å². The predicted octanol–water partition coefficient (Wildman–Crippen LogP) is 11.1. The molecule has 53 heavy (non-hydrogen) atoms. The topological polar surface area (TPSA) is 151 Å². The number of aliphatic hydroxyl groups excluding tert-OH is 2. The van der Waals surface area contributed by atoms with Crippen LogP contribution in [0.4, 0.5) is 0 Å². The first kappa shape index (κ1) is 51.9. The molecule has 9 nitrogen and oxygen atoms in total. The van der Waals surface area contributed by atoms with E-state index in [1.165, 1.54) is 128 Å². The van der Waals surface area contributed by atoms with Crippen LogP contribution in [0.25, 0.3) is 0 Å². The van der Waals surface area contributed by atoms with Crippen molar-refractivity contribution in [2.75, 3.05) is 19.8 Å². The van der Waals surface area contributed by atoms with Gasteiger partial charge in [-0.25, -0.2) is 4.57 Å². The largest absolute Gasteiger partial charge is 0.472 e. The van der Waals surface area contributed by atoms with Gasteiger partial charge in [-0.1, -0.05) is 179 Å². The summed E-state index contributed by atoms with van der Waals surface area (Å²) in [7, 11) is -4.40. The van der Waals surface area contributed by atoms with E-state index in [-0.39, 0.29) is 19.6 Å². The van der Waals surface area contributed by atoms with Gasteiger partial charge in [0.15, 0.2) is 0 Å². The SMILES string of the molecule is CCCCCCCCCCCC/C=C\CCCCCCCC(O)CC(=O)NC(COP(=O)(O)OCCN)C(O)/C=C/CCCCCCCCCCCC. The molecule has 0 aromatic heterocycles. The number of allylic oxidation sites excluding steroid dienone is 3. The number of carbonyl (C=O) groups excluding carboxylic acids is 1. The molecule has 0 radical (unpaired) electrons. The summed E-state index contributed by atoms with van der Waals surface area (Å²) in [6.07, 6.45) is 41.2. The van der Waals surface area contributed by atoms with Crippen molar-refractivity contribution in [3.63, 3.8) is 0 Å². The first-order valence-electron chi connectivity index (χ1n) is 22.0. The van der Waals surface area contributed by atoms with Gasteiger partial charge in [-0.3, -0.25) is 13.8 Å². The average molecular weight is 773 g/mol. The van der Waals surface area contributed by atoms with Gasteiger partial charge in [-0.15, -0.1) is 0 Å². The zero-order chi connectivity index (χ0) is 39.1. The third kappa shape index (κ3) is 37.6. The van der Waals surface area contributed by atoms with E-state index >= 15 is 0 Å². The average Bonchev–Trinajstić information content (AvgIpc) is 3.13. The maximum absolute atomic E-state index is 12.8. The predicted molar refractivity (Wildman–Crippen MR) is 223 cm³/mol. The quantitative estimate of drug-likeness (QED) is 0.0234. The molecule has 0 fully saturated rings. The second kappa shape index (κ2) is 39.2. The lowest BCUT2D eigenvalue weighted by Crippen LogP contribution is -2.46. The number of rotatable bonds is 41. The maximum Gasteiger partial charge on any atom is 0.472 e. The van der Waals surface area contributed by atoms with Crippen LogP contribution in [0.2, 0.25) is 0 Å².